The highest BCUT2D eigenvalue weighted by Crippen LogP contribution is 2.15. The van der Waals surface area contributed by atoms with Gasteiger partial charge in [-0.2, -0.15) is 0 Å². The summed E-state index contributed by atoms with van der Waals surface area (Å²) in [5.41, 5.74) is 0. The average Bonchev–Trinajstić information content (AvgIpc) is 3.26. The molecule has 0 saturated heterocycles. The summed E-state index contributed by atoms with van der Waals surface area (Å²) >= 11 is 0. The Labute approximate surface area is 378 Å². The predicted octanol–water partition coefficient (Wildman–Crippen LogP) is 17.1. The van der Waals surface area contributed by atoms with Gasteiger partial charge in [0.25, 0.3) is 0 Å². The second kappa shape index (κ2) is 50.0. The molecule has 0 aromatic rings. The maximum absolute atomic E-state index is 12.8. The summed E-state index contributed by atoms with van der Waals surface area (Å²) in [4.78, 5) is 37.9. The van der Waals surface area contributed by atoms with Crippen LogP contribution in [0.2, 0.25) is 0 Å². The Morgan fingerprint density at radius 3 is 0.951 bits per heavy atom. The second-order valence-electron chi connectivity index (χ2n) is 17.4. The van der Waals surface area contributed by atoms with E-state index in [4.69, 9.17) is 14.2 Å². The van der Waals surface area contributed by atoms with Crippen LogP contribution in [-0.4, -0.2) is 37.2 Å². The molecule has 0 unspecified atom stereocenters. The van der Waals surface area contributed by atoms with Crippen LogP contribution in [0.3, 0.4) is 0 Å². The van der Waals surface area contributed by atoms with Crippen molar-refractivity contribution in [2.75, 3.05) is 13.2 Å². The monoisotopic (exact) mass is 855 g/mol. The van der Waals surface area contributed by atoms with Crippen molar-refractivity contribution in [2.45, 2.75) is 271 Å². The van der Waals surface area contributed by atoms with Gasteiger partial charge in [0.1, 0.15) is 13.2 Å². The molecule has 1 atom stereocenters. The van der Waals surface area contributed by atoms with Gasteiger partial charge in [-0.05, 0) is 64.2 Å². The van der Waals surface area contributed by atoms with Crippen molar-refractivity contribution in [3.63, 3.8) is 0 Å². The molecule has 0 bridgehead atoms. The topological polar surface area (TPSA) is 78.9 Å². The van der Waals surface area contributed by atoms with Crippen molar-refractivity contribution in [1.82, 2.24) is 0 Å². The SMILES string of the molecule is CCCCC/C=C\C/C=C\C/C=C\C/C=C\CCCCCC(=O)O[C@@H](COC(=O)CCCCCCCCCCCCC)COC(=O)CCCCCCCCCCCCCCC. The van der Waals surface area contributed by atoms with E-state index in [0.29, 0.717) is 19.3 Å². The van der Waals surface area contributed by atoms with E-state index in [1.807, 2.05) is 0 Å². The molecule has 0 aliphatic carbocycles. The average molecular weight is 855 g/mol. The third-order valence-electron chi connectivity index (χ3n) is 11.3. The highest BCUT2D eigenvalue weighted by atomic mass is 16.6. The minimum Gasteiger partial charge on any atom is -0.462 e. The molecule has 6 heteroatoms. The van der Waals surface area contributed by atoms with Crippen molar-refractivity contribution in [1.29, 1.82) is 0 Å². The molecule has 0 aliphatic rings. The number of ether oxygens (including phenoxy) is 3. The number of unbranched alkanes of at least 4 members (excludes halogenated alkanes) is 28. The number of rotatable bonds is 47. The van der Waals surface area contributed by atoms with Crippen molar-refractivity contribution >= 4 is 17.9 Å². The normalized spacial score (nSPS) is 12.4. The van der Waals surface area contributed by atoms with Crippen LogP contribution in [0.15, 0.2) is 48.6 Å². The summed E-state index contributed by atoms with van der Waals surface area (Å²) in [5, 5.41) is 0. The Morgan fingerprint density at radius 2 is 0.590 bits per heavy atom. The lowest BCUT2D eigenvalue weighted by atomic mass is 10.0. The van der Waals surface area contributed by atoms with Crippen LogP contribution < -0.4 is 0 Å². The fourth-order valence-electron chi connectivity index (χ4n) is 7.37. The molecule has 354 valence electrons. The third kappa shape index (κ3) is 48.3. The highest BCUT2D eigenvalue weighted by molar-refractivity contribution is 5.71. The summed E-state index contributed by atoms with van der Waals surface area (Å²) in [7, 11) is 0. The first-order chi connectivity index (χ1) is 30.0. The lowest BCUT2D eigenvalue weighted by molar-refractivity contribution is -0.167. The van der Waals surface area contributed by atoms with E-state index in [0.717, 1.165) is 83.5 Å². The van der Waals surface area contributed by atoms with Gasteiger partial charge in [0.05, 0.1) is 0 Å². The highest BCUT2D eigenvalue weighted by Gasteiger charge is 2.19. The zero-order chi connectivity index (χ0) is 44.4. The number of carbonyl (C=O) groups is 3. The molecule has 61 heavy (non-hydrogen) atoms. The Hall–Kier alpha value is -2.63. The van der Waals surface area contributed by atoms with E-state index in [2.05, 4.69) is 69.4 Å². The predicted molar refractivity (Wildman–Crippen MR) is 261 cm³/mol. The lowest BCUT2D eigenvalue weighted by Crippen LogP contribution is -2.30. The molecule has 0 N–H and O–H groups in total. The first-order valence-electron chi connectivity index (χ1n) is 26.1. The summed E-state index contributed by atoms with van der Waals surface area (Å²) < 4.78 is 16.8. The van der Waals surface area contributed by atoms with Crippen LogP contribution in [0.5, 0.6) is 0 Å². The summed E-state index contributed by atoms with van der Waals surface area (Å²) in [6.07, 6.45) is 59.5. The van der Waals surface area contributed by atoms with Crippen LogP contribution in [0.25, 0.3) is 0 Å². The standard InChI is InChI=1S/C55H98O6/c1-4-7-10-13-16-19-22-24-25-26-27-28-29-31-34-37-40-43-46-49-55(58)61-52(50-59-53(56)47-44-41-38-35-32-21-18-15-12-9-6-3)51-60-54(57)48-45-42-39-36-33-30-23-20-17-14-11-8-5-2/h16,19,24-25,27-28,31,34,52H,4-15,17-18,20-23,26,29-30,32-33,35-51H2,1-3H3/b19-16-,25-24-,28-27-,34-31-/t52-/m0/s1. The smallest absolute Gasteiger partial charge is 0.306 e. The molecule has 0 spiro atoms. The van der Waals surface area contributed by atoms with E-state index in [1.54, 1.807) is 0 Å². The van der Waals surface area contributed by atoms with Crippen molar-refractivity contribution in [3.05, 3.63) is 48.6 Å². The minimum atomic E-state index is -0.784. The van der Waals surface area contributed by atoms with Gasteiger partial charge in [0.15, 0.2) is 6.10 Å². The third-order valence-corrected chi connectivity index (χ3v) is 11.3. The van der Waals surface area contributed by atoms with E-state index < -0.39 is 6.10 Å². The zero-order valence-electron chi connectivity index (χ0n) is 40.4. The number of hydrogen-bond acceptors (Lipinski definition) is 6. The van der Waals surface area contributed by atoms with Crippen LogP contribution in [-0.2, 0) is 28.6 Å². The van der Waals surface area contributed by atoms with Gasteiger partial charge < -0.3 is 14.2 Å². The molecule has 0 aromatic carbocycles. The first kappa shape index (κ1) is 58.4. The number of allylic oxidation sites excluding steroid dienone is 8. The number of hydrogen-bond donors (Lipinski definition) is 0. The van der Waals surface area contributed by atoms with Crippen LogP contribution in [0.4, 0.5) is 0 Å². The summed E-state index contributed by atoms with van der Waals surface area (Å²) in [6.45, 7) is 6.59. The molecule has 6 nitrogen and oxygen atoms in total. The van der Waals surface area contributed by atoms with E-state index >= 15 is 0 Å². The molecule has 0 heterocycles. The summed E-state index contributed by atoms with van der Waals surface area (Å²) in [6, 6.07) is 0. The zero-order valence-corrected chi connectivity index (χ0v) is 40.4. The Kier molecular flexibility index (Phi) is 47.9. The molecular weight excluding hydrogens is 757 g/mol. The van der Waals surface area contributed by atoms with Gasteiger partial charge in [0, 0.05) is 19.3 Å². The van der Waals surface area contributed by atoms with Gasteiger partial charge in [-0.25, -0.2) is 0 Å². The Balaban J connectivity index is 4.41. The van der Waals surface area contributed by atoms with E-state index in [9.17, 15) is 14.4 Å². The van der Waals surface area contributed by atoms with E-state index in [-0.39, 0.29) is 31.1 Å². The van der Waals surface area contributed by atoms with Crippen molar-refractivity contribution < 1.29 is 28.6 Å². The molecule has 0 amide bonds. The molecule has 0 aliphatic heterocycles. The maximum Gasteiger partial charge on any atom is 0.306 e. The van der Waals surface area contributed by atoms with Gasteiger partial charge in [-0.3, -0.25) is 14.4 Å². The molecular formula is C55H98O6. The quantitative estimate of drug-likeness (QED) is 0.0263. The number of esters is 3. The van der Waals surface area contributed by atoms with Gasteiger partial charge in [0.2, 0.25) is 0 Å². The molecule has 0 rings (SSSR count). The molecule has 0 aromatic heterocycles. The molecule has 0 saturated carbocycles. The van der Waals surface area contributed by atoms with Crippen molar-refractivity contribution in [2.24, 2.45) is 0 Å². The second-order valence-corrected chi connectivity index (χ2v) is 17.4. The largest absolute Gasteiger partial charge is 0.462 e. The van der Waals surface area contributed by atoms with Crippen LogP contribution in [0.1, 0.15) is 265 Å². The van der Waals surface area contributed by atoms with E-state index in [1.165, 1.54) is 141 Å². The van der Waals surface area contributed by atoms with Gasteiger partial charge >= 0.3 is 17.9 Å². The van der Waals surface area contributed by atoms with Crippen LogP contribution in [0, 0.1) is 0 Å². The Morgan fingerprint density at radius 1 is 0.328 bits per heavy atom. The number of carbonyl (C=O) groups excluding carboxylic acids is 3. The lowest BCUT2D eigenvalue weighted by Gasteiger charge is -2.18. The van der Waals surface area contributed by atoms with Crippen molar-refractivity contribution in [3.8, 4) is 0 Å². The minimum absolute atomic E-state index is 0.0825. The van der Waals surface area contributed by atoms with Gasteiger partial charge in [-0.1, -0.05) is 230 Å². The van der Waals surface area contributed by atoms with Gasteiger partial charge in [-0.15, -0.1) is 0 Å². The Bertz CT molecular complexity index is 1070. The molecule has 0 radical (unpaired) electrons. The van der Waals surface area contributed by atoms with Crippen LogP contribution >= 0.6 is 0 Å². The molecule has 0 fully saturated rings. The fraction of sp³-hybridized carbons (Fsp3) is 0.800. The summed E-state index contributed by atoms with van der Waals surface area (Å²) in [5.74, 6) is -0.906. The first-order valence-corrected chi connectivity index (χ1v) is 26.1. The maximum atomic E-state index is 12.8. The fourth-order valence-corrected chi connectivity index (χ4v) is 7.37.